The van der Waals surface area contributed by atoms with Gasteiger partial charge in [0.2, 0.25) is 5.88 Å². The highest BCUT2D eigenvalue weighted by Gasteiger charge is 2.28. The second-order valence-electron chi connectivity index (χ2n) is 5.10. The Labute approximate surface area is 123 Å². The summed E-state index contributed by atoms with van der Waals surface area (Å²) >= 11 is 0. The molecule has 0 atom stereocenters. The molecule has 1 amide bonds. The number of pyridine rings is 1. The Bertz CT molecular complexity index is 713. The van der Waals surface area contributed by atoms with Gasteiger partial charge in [0, 0.05) is 24.1 Å². The zero-order chi connectivity index (χ0) is 15.0. The van der Waals surface area contributed by atoms with E-state index in [9.17, 15) is 4.79 Å². The highest BCUT2D eigenvalue weighted by atomic mass is 16.5. The van der Waals surface area contributed by atoms with Crippen LogP contribution in [0.4, 0.5) is 11.4 Å². The van der Waals surface area contributed by atoms with Crippen molar-refractivity contribution in [2.45, 2.75) is 13.3 Å². The van der Waals surface area contributed by atoms with Crippen LogP contribution in [0.3, 0.4) is 0 Å². The van der Waals surface area contributed by atoms with E-state index in [2.05, 4.69) is 11.1 Å². The number of hydrogen-bond donors (Lipinski definition) is 1. The molecule has 1 aromatic heterocycles. The van der Waals surface area contributed by atoms with Crippen molar-refractivity contribution >= 4 is 17.3 Å². The average molecular weight is 283 g/mol. The van der Waals surface area contributed by atoms with Gasteiger partial charge in [0.05, 0.1) is 7.11 Å². The molecule has 0 saturated carbocycles. The highest BCUT2D eigenvalue weighted by Crippen LogP contribution is 2.33. The number of ether oxygens (including phenoxy) is 1. The van der Waals surface area contributed by atoms with Crippen molar-refractivity contribution in [2.75, 3.05) is 24.3 Å². The standard InChI is InChI=1S/C16H17N3O2/c1-10-8-11-5-7-19(14(11)9-13(10)17)16(20)12-4-3-6-18-15(12)21-2/h3-4,6,8-9H,5,7,17H2,1-2H3. The van der Waals surface area contributed by atoms with Crippen LogP contribution in [-0.4, -0.2) is 24.5 Å². The second-order valence-corrected chi connectivity index (χ2v) is 5.10. The van der Waals surface area contributed by atoms with Crippen LogP contribution in [0.1, 0.15) is 21.5 Å². The van der Waals surface area contributed by atoms with Crippen LogP contribution in [0.25, 0.3) is 0 Å². The summed E-state index contributed by atoms with van der Waals surface area (Å²) in [6.45, 7) is 2.62. The SMILES string of the molecule is COc1ncccc1C(=O)N1CCc2cc(C)c(N)cc21. The van der Waals surface area contributed by atoms with E-state index in [1.165, 1.54) is 7.11 Å². The van der Waals surface area contributed by atoms with Crippen molar-refractivity contribution < 1.29 is 9.53 Å². The zero-order valence-corrected chi connectivity index (χ0v) is 12.1. The first-order valence-corrected chi connectivity index (χ1v) is 6.81. The molecule has 1 aliphatic rings. The number of rotatable bonds is 2. The summed E-state index contributed by atoms with van der Waals surface area (Å²) in [5, 5.41) is 0. The lowest BCUT2D eigenvalue weighted by Crippen LogP contribution is -2.29. The van der Waals surface area contributed by atoms with E-state index in [0.717, 1.165) is 23.2 Å². The Balaban J connectivity index is 2.01. The van der Waals surface area contributed by atoms with Crippen molar-refractivity contribution in [2.24, 2.45) is 0 Å². The van der Waals surface area contributed by atoms with Gasteiger partial charge in [0.25, 0.3) is 5.91 Å². The molecule has 0 saturated heterocycles. The number of nitrogens with two attached hydrogens (primary N) is 1. The molecule has 5 nitrogen and oxygen atoms in total. The molecule has 2 N–H and O–H groups in total. The number of benzene rings is 1. The van der Waals surface area contributed by atoms with Gasteiger partial charge in [-0.3, -0.25) is 4.79 Å². The lowest BCUT2D eigenvalue weighted by molar-refractivity contribution is 0.0985. The van der Waals surface area contributed by atoms with Gasteiger partial charge in [0.15, 0.2) is 0 Å². The topological polar surface area (TPSA) is 68.5 Å². The molecule has 2 aromatic rings. The molecule has 5 heteroatoms. The first-order chi connectivity index (χ1) is 10.1. The molecular formula is C16H17N3O2. The Morgan fingerprint density at radius 1 is 1.43 bits per heavy atom. The van der Waals surface area contributed by atoms with E-state index < -0.39 is 0 Å². The third-order valence-corrected chi connectivity index (χ3v) is 3.80. The number of nitrogens with zero attached hydrogens (tertiary/aromatic N) is 2. The van der Waals surface area contributed by atoms with Crippen LogP contribution < -0.4 is 15.4 Å². The Morgan fingerprint density at radius 2 is 2.24 bits per heavy atom. The number of fused-ring (bicyclic) bond motifs is 1. The maximum absolute atomic E-state index is 12.8. The molecular weight excluding hydrogens is 266 g/mol. The van der Waals surface area contributed by atoms with E-state index >= 15 is 0 Å². The lowest BCUT2D eigenvalue weighted by Gasteiger charge is -2.19. The molecule has 0 fully saturated rings. The number of methoxy groups -OCH3 is 1. The predicted octanol–water partition coefficient (Wildman–Crippen LogP) is 2.18. The van der Waals surface area contributed by atoms with Crippen molar-refractivity contribution in [3.8, 4) is 5.88 Å². The molecule has 0 spiro atoms. The zero-order valence-electron chi connectivity index (χ0n) is 12.1. The average Bonchev–Trinajstić information content (AvgIpc) is 2.89. The first-order valence-electron chi connectivity index (χ1n) is 6.81. The second kappa shape index (κ2) is 5.09. The van der Waals surface area contributed by atoms with E-state index in [0.29, 0.717) is 23.7 Å². The molecule has 0 aliphatic carbocycles. The number of aromatic nitrogens is 1. The molecule has 21 heavy (non-hydrogen) atoms. The first kappa shape index (κ1) is 13.4. The Morgan fingerprint density at radius 3 is 3.00 bits per heavy atom. The molecule has 0 unspecified atom stereocenters. The van der Waals surface area contributed by atoms with Crippen molar-refractivity contribution in [1.29, 1.82) is 0 Å². The summed E-state index contributed by atoms with van der Waals surface area (Å²) in [6, 6.07) is 7.39. The van der Waals surface area contributed by atoms with Crippen molar-refractivity contribution in [3.63, 3.8) is 0 Å². The van der Waals surface area contributed by atoms with E-state index in [4.69, 9.17) is 10.5 Å². The van der Waals surface area contributed by atoms with Gasteiger partial charge in [-0.15, -0.1) is 0 Å². The third kappa shape index (κ3) is 2.20. The van der Waals surface area contributed by atoms with Crippen LogP contribution in [0.15, 0.2) is 30.5 Å². The molecule has 0 radical (unpaired) electrons. The van der Waals surface area contributed by atoms with Gasteiger partial charge in [-0.2, -0.15) is 0 Å². The van der Waals surface area contributed by atoms with E-state index in [-0.39, 0.29) is 5.91 Å². The normalized spacial score (nSPS) is 13.1. The number of anilines is 2. The predicted molar refractivity (Wildman–Crippen MR) is 81.8 cm³/mol. The summed E-state index contributed by atoms with van der Waals surface area (Å²) in [5.41, 5.74) is 10.2. The number of amides is 1. The van der Waals surface area contributed by atoms with Crippen LogP contribution in [0.5, 0.6) is 5.88 Å². The summed E-state index contributed by atoms with van der Waals surface area (Å²) < 4.78 is 5.17. The largest absolute Gasteiger partial charge is 0.480 e. The summed E-state index contributed by atoms with van der Waals surface area (Å²) in [7, 11) is 1.51. The molecule has 1 aliphatic heterocycles. The third-order valence-electron chi connectivity index (χ3n) is 3.80. The molecule has 3 rings (SSSR count). The number of carbonyl (C=O) groups is 1. The van der Waals surface area contributed by atoms with Gasteiger partial charge in [0.1, 0.15) is 5.56 Å². The molecule has 1 aromatic carbocycles. The van der Waals surface area contributed by atoms with E-state index in [1.54, 1.807) is 23.2 Å². The number of carbonyl (C=O) groups excluding carboxylic acids is 1. The fraction of sp³-hybridized carbons (Fsp3) is 0.250. The fourth-order valence-corrected chi connectivity index (χ4v) is 2.65. The fourth-order valence-electron chi connectivity index (χ4n) is 2.65. The summed E-state index contributed by atoms with van der Waals surface area (Å²) in [4.78, 5) is 18.6. The molecule has 2 heterocycles. The summed E-state index contributed by atoms with van der Waals surface area (Å²) in [5.74, 6) is 0.234. The van der Waals surface area contributed by atoms with Crippen LogP contribution in [-0.2, 0) is 6.42 Å². The van der Waals surface area contributed by atoms with Gasteiger partial charge in [-0.25, -0.2) is 4.98 Å². The highest BCUT2D eigenvalue weighted by molar-refractivity contribution is 6.08. The maximum Gasteiger partial charge on any atom is 0.263 e. The van der Waals surface area contributed by atoms with Gasteiger partial charge < -0.3 is 15.4 Å². The van der Waals surface area contributed by atoms with Gasteiger partial charge in [-0.1, -0.05) is 6.07 Å². The quantitative estimate of drug-likeness (QED) is 0.858. The minimum Gasteiger partial charge on any atom is -0.480 e. The lowest BCUT2D eigenvalue weighted by atomic mass is 10.1. The van der Waals surface area contributed by atoms with Crippen LogP contribution >= 0.6 is 0 Å². The van der Waals surface area contributed by atoms with Crippen molar-refractivity contribution in [1.82, 2.24) is 4.98 Å². The van der Waals surface area contributed by atoms with Crippen LogP contribution in [0, 0.1) is 6.92 Å². The Kier molecular flexibility index (Phi) is 3.25. The monoisotopic (exact) mass is 283 g/mol. The maximum atomic E-state index is 12.8. The minimum absolute atomic E-state index is 0.109. The number of hydrogen-bond acceptors (Lipinski definition) is 4. The number of nitrogen functional groups attached to an aromatic ring is 1. The van der Waals surface area contributed by atoms with Crippen LogP contribution in [0.2, 0.25) is 0 Å². The van der Waals surface area contributed by atoms with Gasteiger partial charge >= 0.3 is 0 Å². The smallest absolute Gasteiger partial charge is 0.263 e. The minimum atomic E-state index is -0.109. The number of aryl methyl sites for hydroxylation is 1. The van der Waals surface area contributed by atoms with Crippen molar-refractivity contribution in [3.05, 3.63) is 47.2 Å². The van der Waals surface area contributed by atoms with Gasteiger partial charge in [-0.05, 0) is 42.7 Å². The van der Waals surface area contributed by atoms with E-state index in [1.807, 2.05) is 13.0 Å². The summed E-state index contributed by atoms with van der Waals surface area (Å²) in [6.07, 6.45) is 2.44. The Hall–Kier alpha value is -2.56. The molecule has 0 bridgehead atoms. The molecule has 108 valence electrons.